The molecular weight excluding hydrogens is 338 g/mol. The molecule has 2 aromatic carbocycles. The first-order chi connectivity index (χ1) is 13.3. The van der Waals surface area contributed by atoms with E-state index in [-0.39, 0.29) is 5.91 Å². The third-order valence-corrected chi connectivity index (χ3v) is 5.85. The first-order valence-corrected chi connectivity index (χ1v) is 9.73. The van der Waals surface area contributed by atoms with E-state index in [2.05, 4.69) is 15.6 Å². The van der Waals surface area contributed by atoms with Crippen molar-refractivity contribution in [2.45, 2.75) is 25.4 Å². The lowest BCUT2D eigenvalue weighted by Crippen LogP contribution is -2.48. The van der Waals surface area contributed by atoms with Crippen LogP contribution in [-0.2, 0) is 4.74 Å². The van der Waals surface area contributed by atoms with Crippen LogP contribution < -0.4 is 0 Å². The number of ether oxygens (including phenoxy) is 1. The molecule has 2 atom stereocenters. The Hall–Kier alpha value is -2.66. The Morgan fingerprint density at radius 1 is 1.07 bits per heavy atom. The van der Waals surface area contributed by atoms with Gasteiger partial charge in [-0.05, 0) is 55.7 Å². The van der Waals surface area contributed by atoms with Crippen molar-refractivity contribution in [1.82, 2.24) is 14.5 Å². The van der Waals surface area contributed by atoms with Gasteiger partial charge in [0.05, 0.1) is 17.1 Å². The monoisotopic (exact) mass is 361 g/mol. The van der Waals surface area contributed by atoms with Crippen molar-refractivity contribution in [2.75, 3.05) is 19.7 Å². The Bertz CT molecular complexity index is 963. The lowest BCUT2D eigenvalue weighted by atomic mass is 9.88. The van der Waals surface area contributed by atoms with Crippen molar-refractivity contribution >= 4 is 16.9 Å². The predicted molar refractivity (Wildman–Crippen MR) is 104 cm³/mol. The molecular formula is C22H23N3O2. The molecule has 3 heterocycles. The summed E-state index contributed by atoms with van der Waals surface area (Å²) in [5.74, 6) is 0.620. The topological polar surface area (TPSA) is 47.4 Å². The largest absolute Gasteiger partial charge is 0.378 e. The quantitative estimate of drug-likeness (QED) is 0.700. The minimum Gasteiger partial charge on any atom is -0.378 e. The molecule has 5 heteroatoms. The zero-order chi connectivity index (χ0) is 18.2. The molecule has 0 bridgehead atoms. The minimum absolute atomic E-state index is 0.126. The van der Waals surface area contributed by atoms with Gasteiger partial charge < -0.3 is 9.64 Å². The highest BCUT2D eigenvalue weighted by atomic mass is 16.5. The fourth-order valence-corrected chi connectivity index (χ4v) is 4.38. The van der Waals surface area contributed by atoms with Crippen molar-refractivity contribution in [1.29, 1.82) is 0 Å². The van der Waals surface area contributed by atoms with Crippen LogP contribution in [0.2, 0.25) is 0 Å². The molecule has 0 aliphatic carbocycles. The van der Waals surface area contributed by atoms with Gasteiger partial charge in [0.2, 0.25) is 0 Å². The van der Waals surface area contributed by atoms with Crippen LogP contribution in [0.4, 0.5) is 0 Å². The van der Waals surface area contributed by atoms with Crippen LogP contribution in [0, 0.1) is 5.92 Å². The van der Waals surface area contributed by atoms with Gasteiger partial charge >= 0.3 is 0 Å². The molecule has 5 nitrogen and oxygen atoms in total. The normalized spacial score (nSPS) is 22.6. The van der Waals surface area contributed by atoms with Crippen molar-refractivity contribution in [2.24, 2.45) is 5.92 Å². The fourth-order valence-electron chi connectivity index (χ4n) is 4.38. The number of nitrogens with zero attached hydrogens (tertiary/aromatic N) is 3. The Labute approximate surface area is 158 Å². The Morgan fingerprint density at radius 2 is 1.93 bits per heavy atom. The zero-order valence-electron chi connectivity index (χ0n) is 15.3. The van der Waals surface area contributed by atoms with Crippen molar-refractivity contribution < 1.29 is 9.53 Å². The summed E-state index contributed by atoms with van der Waals surface area (Å²) in [5.41, 5.74) is 3.80. The number of piperidine rings is 1. The first kappa shape index (κ1) is 16.5. The first-order valence-electron chi connectivity index (χ1n) is 9.73. The van der Waals surface area contributed by atoms with Crippen molar-refractivity contribution in [3.63, 3.8) is 0 Å². The molecule has 2 saturated heterocycles. The molecule has 1 amide bonds. The summed E-state index contributed by atoms with van der Waals surface area (Å²) >= 11 is 0. The molecule has 0 saturated carbocycles. The second kappa shape index (κ2) is 6.82. The van der Waals surface area contributed by atoms with E-state index in [4.69, 9.17) is 4.74 Å². The molecule has 0 unspecified atom stereocenters. The second-order valence-electron chi connectivity index (χ2n) is 7.50. The van der Waals surface area contributed by atoms with Gasteiger partial charge in [0.1, 0.15) is 6.33 Å². The number of rotatable bonds is 2. The van der Waals surface area contributed by atoms with E-state index < -0.39 is 0 Å². The maximum Gasteiger partial charge on any atom is 0.253 e. The Balaban J connectivity index is 1.35. The van der Waals surface area contributed by atoms with E-state index in [9.17, 15) is 4.79 Å². The van der Waals surface area contributed by atoms with Gasteiger partial charge in [-0.1, -0.05) is 12.1 Å². The van der Waals surface area contributed by atoms with Gasteiger partial charge in [0, 0.05) is 36.9 Å². The fraction of sp³-hybridized carbons (Fsp3) is 0.364. The van der Waals surface area contributed by atoms with E-state index >= 15 is 0 Å². The van der Waals surface area contributed by atoms with Gasteiger partial charge in [-0.25, -0.2) is 4.98 Å². The average Bonchev–Trinajstić information content (AvgIpc) is 3.17. The standard InChI is InChI=1S/C22H23N3O2/c26-22(24-12-11-21-17(14-24)4-3-13-27-21)16-7-9-18(10-8-16)25-15-23-19-5-1-2-6-20(19)25/h1-2,5-10,15,17,21H,3-4,11-14H2/t17-,21+/m1/s1. The maximum atomic E-state index is 13.0. The lowest BCUT2D eigenvalue weighted by molar-refractivity contribution is -0.0606. The molecule has 0 radical (unpaired) electrons. The molecule has 1 aromatic heterocycles. The van der Waals surface area contributed by atoms with Gasteiger partial charge in [0.25, 0.3) is 5.91 Å². The number of para-hydroxylation sites is 2. The number of aromatic nitrogens is 2. The third-order valence-electron chi connectivity index (χ3n) is 5.85. The number of likely N-dealkylation sites (tertiary alicyclic amines) is 1. The average molecular weight is 361 g/mol. The van der Waals surface area contributed by atoms with Crippen LogP contribution in [0.3, 0.4) is 0 Å². The third kappa shape index (κ3) is 3.02. The summed E-state index contributed by atoms with van der Waals surface area (Å²) in [6.07, 6.45) is 5.41. The lowest BCUT2D eigenvalue weighted by Gasteiger charge is -2.41. The van der Waals surface area contributed by atoms with E-state index in [1.165, 1.54) is 6.42 Å². The number of fused-ring (bicyclic) bond motifs is 2. The van der Waals surface area contributed by atoms with Gasteiger partial charge in [-0.15, -0.1) is 0 Å². The van der Waals surface area contributed by atoms with Crippen LogP contribution in [-0.4, -0.2) is 46.2 Å². The summed E-state index contributed by atoms with van der Waals surface area (Å²) in [6, 6.07) is 15.9. The van der Waals surface area contributed by atoms with E-state index in [1.807, 2.05) is 53.7 Å². The second-order valence-corrected chi connectivity index (χ2v) is 7.50. The van der Waals surface area contributed by atoms with E-state index in [0.29, 0.717) is 12.0 Å². The van der Waals surface area contributed by atoms with Crippen molar-refractivity contribution in [3.8, 4) is 5.69 Å². The van der Waals surface area contributed by atoms with Gasteiger partial charge in [0.15, 0.2) is 0 Å². The van der Waals surface area contributed by atoms with Gasteiger partial charge in [-0.2, -0.15) is 0 Å². The van der Waals surface area contributed by atoms with Crippen LogP contribution in [0.5, 0.6) is 0 Å². The van der Waals surface area contributed by atoms with E-state index in [0.717, 1.165) is 54.8 Å². The number of amides is 1. The molecule has 27 heavy (non-hydrogen) atoms. The number of carbonyl (C=O) groups is 1. The van der Waals surface area contributed by atoms with Crippen molar-refractivity contribution in [3.05, 3.63) is 60.4 Å². The number of hydrogen-bond donors (Lipinski definition) is 0. The Kier molecular flexibility index (Phi) is 4.17. The number of benzene rings is 2. The molecule has 2 aliphatic heterocycles. The summed E-state index contributed by atoms with van der Waals surface area (Å²) in [4.78, 5) is 19.4. The summed E-state index contributed by atoms with van der Waals surface area (Å²) in [5, 5.41) is 0. The molecule has 0 spiro atoms. The smallest absolute Gasteiger partial charge is 0.253 e. The maximum absolute atomic E-state index is 13.0. The Morgan fingerprint density at radius 3 is 2.81 bits per heavy atom. The summed E-state index contributed by atoms with van der Waals surface area (Å²) < 4.78 is 7.91. The minimum atomic E-state index is 0.126. The molecule has 2 fully saturated rings. The number of imidazole rings is 1. The molecule has 3 aromatic rings. The van der Waals surface area contributed by atoms with Crippen LogP contribution in [0.1, 0.15) is 29.6 Å². The highest BCUT2D eigenvalue weighted by Gasteiger charge is 2.34. The molecule has 5 rings (SSSR count). The highest BCUT2D eigenvalue weighted by Crippen LogP contribution is 2.29. The molecule has 2 aliphatic rings. The summed E-state index contributed by atoms with van der Waals surface area (Å²) in [7, 11) is 0. The van der Waals surface area contributed by atoms with Crippen LogP contribution >= 0.6 is 0 Å². The van der Waals surface area contributed by atoms with E-state index in [1.54, 1.807) is 0 Å². The highest BCUT2D eigenvalue weighted by molar-refractivity contribution is 5.94. The predicted octanol–water partition coefficient (Wildman–Crippen LogP) is 3.67. The number of hydrogen-bond acceptors (Lipinski definition) is 3. The molecule has 0 N–H and O–H groups in total. The number of carbonyl (C=O) groups excluding carboxylic acids is 1. The SMILES string of the molecule is O=C(c1ccc(-n2cnc3ccccc32)cc1)N1CC[C@@H]2OCCC[C@@H]2C1. The zero-order valence-corrected chi connectivity index (χ0v) is 15.3. The summed E-state index contributed by atoms with van der Waals surface area (Å²) in [6.45, 7) is 2.48. The van der Waals surface area contributed by atoms with Crippen LogP contribution in [0.15, 0.2) is 54.9 Å². The molecule has 138 valence electrons. The van der Waals surface area contributed by atoms with Gasteiger partial charge in [-0.3, -0.25) is 9.36 Å². The van der Waals surface area contributed by atoms with Crippen LogP contribution in [0.25, 0.3) is 16.7 Å².